The van der Waals surface area contributed by atoms with E-state index in [1.807, 2.05) is 6.92 Å². The van der Waals surface area contributed by atoms with Crippen LogP contribution in [-0.2, 0) is 0 Å². The molecule has 168 valence electrons. The highest BCUT2D eigenvalue weighted by Gasteiger charge is 2.15. The van der Waals surface area contributed by atoms with Gasteiger partial charge >= 0.3 is 0 Å². The van der Waals surface area contributed by atoms with Crippen molar-refractivity contribution in [2.24, 2.45) is 0 Å². The fraction of sp³-hybridized carbons (Fsp3) is 0.333. The molecule has 2 aromatic carbocycles. The van der Waals surface area contributed by atoms with Crippen LogP contribution in [-0.4, -0.2) is 49.7 Å². The first kappa shape index (κ1) is 25.7. The molecule has 7 nitrogen and oxygen atoms in total. The molecule has 0 fully saturated rings. The van der Waals surface area contributed by atoms with Crippen molar-refractivity contribution < 1.29 is 34.0 Å². The minimum Gasteiger partial charge on any atom is -0.507 e. The van der Waals surface area contributed by atoms with Crippen molar-refractivity contribution in [1.82, 2.24) is 0 Å². The number of Topliss-reactive ketones (excluding diaryl/α,β-unsaturated/α-hetero) is 1. The van der Waals surface area contributed by atoms with Crippen LogP contribution in [0.4, 0.5) is 0 Å². The minimum absolute atomic E-state index is 0.0286. The Morgan fingerprint density at radius 3 is 2.19 bits per heavy atom. The molecule has 0 spiro atoms. The zero-order valence-electron chi connectivity index (χ0n) is 18.4. The lowest BCUT2D eigenvalue weighted by Crippen LogP contribution is -2.02. The SMILES string of the molecule is CCCC(=O)c1ccc(OC/C=C/COc2ccc(C=O)cc2OC)c(C)c1O.CO. The molecule has 2 aromatic rings. The third-order valence-corrected chi connectivity index (χ3v) is 4.32. The largest absolute Gasteiger partial charge is 0.507 e. The van der Waals surface area contributed by atoms with E-state index in [1.165, 1.54) is 7.11 Å². The van der Waals surface area contributed by atoms with Gasteiger partial charge in [0, 0.05) is 24.7 Å². The fourth-order valence-electron chi connectivity index (χ4n) is 2.71. The number of rotatable bonds is 11. The number of phenols is 1. The van der Waals surface area contributed by atoms with E-state index in [0.717, 1.165) is 19.8 Å². The highest BCUT2D eigenvalue weighted by atomic mass is 16.5. The summed E-state index contributed by atoms with van der Waals surface area (Å²) in [4.78, 5) is 22.8. The number of hydrogen-bond donors (Lipinski definition) is 2. The molecular formula is C24H30O7. The van der Waals surface area contributed by atoms with Gasteiger partial charge in [-0.05, 0) is 55.8 Å². The van der Waals surface area contributed by atoms with E-state index in [1.54, 1.807) is 49.4 Å². The molecule has 31 heavy (non-hydrogen) atoms. The van der Waals surface area contributed by atoms with Crippen molar-refractivity contribution in [1.29, 1.82) is 0 Å². The smallest absolute Gasteiger partial charge is 0.166 e. The average Bonchev–Trinajstić information content (AvgIpc) is 2.80. The number of hydrogen-bond acceptors (Lipinski definition) is 7. The summed E-state index contributed by atoms with van der Waals surface area (Å²) in [6.07, 6.45) is 5.46. The molecule has 7 heteroatoms. The molecule has 0 aliphatic carbocycles. The van der Waals surface area contributed by atoms with Crippen molar-refractivity contribution in [2.75, 3.05) is 27.4 Å². The number of benzene rings is 2. The number of carbonyl (C=O) groups is 2. The number of carbonyl (C=O) groups excluding carboxylic acids is 2. The van der Waals surface area contributed by atoms with Crippen LogP contribution in [0.15, 0.2) is 42.5 Å². The van der Waals surface area contributed by atoms with Gasteiger partial charge in [0.25, 0.3) is 0 Å². The average molecular weight is 430 g/mol. The molecule has 0 radical (unpaired) electrons. The van der Waals surface area contributed by atoms with Gasteiger partial charge in [0.15, 0.2) is 17.3 Å². The maximum atomic E-state index is 12.0. The van der Waals surface area contributed by atoms with E-state index in [2.05, 4.69) is 0 Å². The van der Waals surface area contributed by atoms with E-state index in [4.69, 9.17) is 19.3 Å². The Kier molecular flexibility index (Phi) is 11.5. The second-order valence-electron chi connectivity index (χ2n) is 6.38. The van der Waals surface area contributed by atoms with Crippen LogP contribution in [0.1, 0.15) is 46.0 Å². The number of methoxy groups -OCH3 is 1. The molecule has 0 heterocycles. The predicted molar refractivity (Wildman–Crippen MR) is 119 cm³/mol. The Morgan fingerprint density at radius 2 is 1.61 bits per heavy atom. The molecule has 0 aliphatic heterocycles. The summed E-state index contributed by atoms with van der Waals surface area (Å²) in [5, 5.41) is 17.3. The van der Waals surface area contributed by atoms with E-state index in [-0.39, 0.29) is 18.1 Å². The van der Waals surface area contributed by atoms with Crippen molar-refractivity contribution in [3.8, 4) is 23.0 Å². The molecule has 2 rings (SSSR count). The lowest BCUT2D eigenvalue weighted by atomic mass is 10.0. The van der Waals surface area contributed by atoms with Gasteiger partial charge in [-0.25, -0.2) is 0 Å². The molecule has 0 unspecified atom stereocenters. The zero-order chi connectivity index (χ0) is 23.2. The van der Waals surface area contributed by atoms with Gasteiger partial charge < -0.3 is 24.4 Å². The lowest BCUT2D eigenvalue weighted by molar-refractivity contribution is 0.0978. The summed E-state index contributed by atoms with van der Waals surface area (Å²) in [6, 6.07) is 8.24. The van der Waals surface area contributed by atoms with E-state index >= 15 is 0 Å². The summed E-state index contributed by atoms with van der Waals surface area (Å²) in [5.74, 6) is 1.44. The van der Waals surface area contributed by atoms with Gasteiger partial charge in [-0.15, -0.1) is 0 Å². The first-order valence-corrected chi connectivity index (χ1v) is 9.86. The zero-order valence-corrected chi connectivity index (χ0v) is 18.4. The summed E-state index contributed by atoms with van der Waals surface area (Å²) < 4.78 is 16.5. The summed E-state index contributed by atoms with van der Waals surface area (Å²) in [6.45, 7) is 4.23. The lowest BCUT2D eigenvalue weighted by Gasteiger charge is -2.12. The minimum atomic E-state index is -0.0757. The summed E-state index contributed by atoms with van der Waals surface area (Å²) >= 11 is 0. The second kappa shape index (κ2) is 13.8. The van der Waals surface area contributed by atoms with Crippen LogP contribution in [0.3, 0.4) is 0 Å². The number of aldehydes is 1. The Labute approximate surface area is 182 Å². The van der Waals surface area contributed by atoms with Crippen molar-refractivity contribution in [3.63, 3.8) is 0 Å². The maximum Gasteiger partial charge on any atom is 0.166 e. The van der Waals surface area contributed by atoms with E-state index in [9.17, 15) is 14.7 Å². The van der Waals surface area contributed by atoms with E-state index in [0.29, 0.717) is 47.0 Å². The highest BCUT2D eigenvalue weighted by Crippen LogP contribution is 2.31. The number of aliphatic hydroxyl groups excluding tert-OH is 1. The van der Waals surface area contributed by atoms with Crippen LogP contribution >= 0.6 is 0 Å². The predicted octanol–water partition coefficient (Wildman–Crippen LogP) is 4.13. The third-order valence-electron chi connectivity index (χ3n) is 4.32. The maximum absolute atomic E-state index is 12.0. The van der Waals surface area contributed by atoms with Crippen molar-refractivity contribution in [2.45, 2.75) is 26.7 Å². The van der Waals surface area contributed by atoms with Crippen LogP contribution in [0, 0.1) is 6.92 Å². The second-order valence-corrected chi connectivity index (χ2v) is 6.38. The number of aromatic hydroxyl groups is 1. The molecule has 0 amide bonds. The number of ketones is 1. The molecule has 0 aliphatic rings. The molecule has 0 bridgehead atoms. The van der Waals surface area contributed by atoms with Crippen LogP contribution in [0.5, 0.6) is 23.0 Å². The van der Waals surface area contributed by atoms with Crippen LogP contribution < -0.4 is 14.2 Å². The summed E-state index contributed by atoms with van der Waals surface area (Å²) in [7, 11) is 2.51. The van der Waals surface area contributed by atoms with Crippen LogP contribution in [0.25, 0.3) is 0 Å². The van der Waals surface area contributed by atoms with Crippen molar-refractivity contribution in [3.05, 3.63) is 59.2 Å². The van der Waals surface area contributed by atoms with Crippen LogP contribution in [0.2, 0.25) is 0 Å². The number of phenolic OH excluding ortho intramolecular Hbond substituents is 1. The van der Waals surface area contributed by atoms with Gasteiger partial charge in [0.1, 0.15) is 31.0 Å². The van der Waals surface area contributed by atoms with Gasteiger partial charge in [-0.1, -0.05) is 6.92 Å². The van der Waals surface area contributed by atoms with Gasteiger partial charge in [0.05, 0.1) is 12.7 Å². The number of ether oxygens (including phenoxy) is 3. The van der Waals surface area contributed by atoms with Gasteiger partial charge in [0.2, 0.25) is 0 Å². The first-order valence-electron chi connectivity index (χ1n) is 9.86. The highest BCUT2D eigenvalue weighted by molar-refractivity contribution is 5.99. The standard InChI is InChI=1S/C23H26O6.CH4O/c1-4-7-19(25)18-9-11-20(16(2)23(18)26)28-12-5-6-13-29-21-10-8-17(15-24)14-22(21)27-3;1-2/h5-6,8-11,14-15,26H,4,7,12-13H2,1-3H3;2H,1H3/b6-5+;. The molecule has 0 atom stereocenters. The summed E-state index contributed by atoms with van der Waals surface area (Å²) in [5.41, 5.74) is 1.38. The molecule has 2 N–H and O–H groups in total. The monoisotopic (exact) mass is 430 g/mol. The van der Waals surface area contributed by atoms with Crippen molar-refractivity contribution >= 4 is 12.1 Å². The third kappa shape index (κ3) is 7.46. The van der Waals surface area contributed by atoms with E-state index < -0.39 is 0 Å². The van der Waals surface area contributed by atoms with Gasteiger partial charge in [-0.2, -0.15) is 0 Å². The molecule has 0 saturated carbocycles. The van der Waals surface area contributed by atoms with Gasteiger partial charge in [-0.3, -0.25) is 9.59 Å². The molecule has 0 saturated heterocycles. The quantitative estimate of drug-likeness (QED) is 0.314. The Bertz CT molecular complexity index is 888. The topological polar surface area (TPSA) is 102 Å². The Hall–Kier alpha value is -3.32. The Balaban J connectivity index is 0.00000233. The Morgan fingerprint density at radius 1 is 1.00 bits per heavy atom. The fourth-order valence-corrected chi connectivity index (χ4v) is 2.71. The first-order chi connectivity index (χ1) is 15.0. The number of aliphatic hydroxyl groups is 1. The molecule has 0 aromatic heterocycles. The normalized spacial score (nSPS) is 10.2. The molecular weight excluding hydrogens is 400 g/mol.